The molecular formula is C38H56O6P2. The van der Waals surface area contributed by atoms with Crippen molar-refractivity contribution in [1.82, 2.24) is 0 Å². The zero-order valence-electron chi connectivity index (χ0n) is 29.2. The molecule has 2 aromatic rings. The Morgan fingerprint density at radius 2 is 0.978 bits per heavy atom. The lowest BCUT2D eigenvalue weighted by Gasteiger charge is -2.37. The van der Waals surface area contributed by atoms with E-state index in [0.717, 1.165) is 24.3 Å². The molecule has 2 unspecified atom stereocenters. The van der Waals surface area contributed by atoms with Crippen molar-refractivity contribution >= 4 is 25.3 Å². The molecule has 4 rings (SSSR count). The zero-order chi connectivity index (χ0) is 33.5. The van der Waals surface area contributed by atoms with Gasteiger partial charge in [0.2, 0.25) is 0 Å². The predicted molar refractivity (Wildman–Crippen MR) is 190 cm³/mol. The third kappa shape index (κ3) is 9.32. The second kappa shape index (κ2) is 16.4. The SMILES string of the molecule is CCOP(=O)(C#CP(=O)(OCC)c1ccc(O[C@@H]2C[C@H](C)CC[C@H]2C(C)C)cc1)c1ccc(O[C@@H]2C[C@H](C)CC[C@H]2C(C)C)cc1. The van der Waals surface area contributed by atoms with Crippen LogP contribution in [0.4, 0.5) is 0 Å². The Kier molecular flexibility index (Phi) is 13.1. The van der Waals surface area contributed by atoms with Gasteiger partial charge in [-0.25, -0.2) is 0 Å². The number of rotatable bonds is 12. The molecule has 254 valence electrons. The minimum absolute atomic E-state index is 0.157. The summed E-state index contributed by atoms with van der Waals surface area (Å²) in [5, 5.41) is 0.889. The van der Waals surface area contributed by atoms with Gasteiger partial charge in [0.05, 0.1) is 13.2 Å². The summed E-state index contributed by atoms with van der Waals surface area (Å²) in [4.78, 5) is 0. The highest BCUT2D eigenvalue weighted by atomic mass is 31.2. The molecule has 0 aromatic heterocycles. The minimum atomic E-state index is -3.66. The lowest BCUT2D eigenvalue weighted by Crippen LogP contribution is -2.36. The molecule has 8 heteroatoms. The maximum atomic E-state index is 14.1. The Hall–Kier alpha value is -2.02. The first-order valence-corrected chi connectivity index (χ1v) is 20.7. The lowest BCUT2D eigenvalue weighted by molar-refractivity contribution is 0.0458. The summed E-state index contributed by atoms with van der Waals surface area (Å²) < 4.78 is 52.7. The molecular weight excluding hydrogens is 614 g/mol. The molecule has 2 saturated carbocycles. The molecule has 0 heterocycles. The average Bonchev–Trinajstić information content (AvgIpc) is 3.01. The monoisotopic (exact) mass is 670 g/mol. The number of hydrogen-bond donors (Lipinski definition) is 0. The molecule has 0 amide bonds. The Morgan fingerprint density at radius 1 is 0.630 bits per heavy atom. The van der Waals surface area contributed by atoms with Crippen molar-refractivity contribution in [2.24, 2.45) is 35.5 Å². The third-order valence-corrected chi connectivity index (χ3v) is 14.0. The highest BCUT2D eigenvalue weighted by molar-refractivity contribution is 7.75. The van der Waals surface area contributed by atoms with Crippen molar-refractivity contribution in [2.75, 3.05) is 13.2 Å². The molecule has 2 aliphatic rings. The Bertz CT molecular complexity index is 1300. The van der Waals surface area contributed by atoms with Crippen LogP contribution in [0.2, 0.25) is 0 Å². The third-order valence-electron chi connectivity index (χ3n) is 9.82. The van der Waals surface area contributed by atoms with Gasteiger partial charge in [-0.2, -0.15) is 0 Å². The fourth-order valence-corrected chi connectivity index (χ4v) is 10.7. The Balaban J connectivity index is 1.53. The van der Waals surface area contributed by atoms with E-state index in [1.54, 1.807) is 38.1 Å². The van der Waals surface area contributed by atoms with Gasteiger partial charge in [0.15, 0.2) is 0 Å². The van der Waals surface area contributed by atoms with Crippen LogP contribution in [0, 0.1) is 46.8 Å². The van der Waals surface area contributed by atoms with Crippen molar-refractivity contribution in [3.63, 3.8) is 0 Å². The van der Waals surface area contributed by atoms with E-state index in [4.69, 9.17) is 18.5 Å². The van der Waals surface area contributed by atoms with Crippen LogP contribution in [0.25, 0.3) is 0 Å². The first-order chi connectivity index (χ1) is 21.9. The fraction of sp³-hybridized carbons (Fsp3) is 0.632. The molecule has 46 heavy (non-hydrogen) atoms. The molecule has 0 aliphatic heterocycles. The largest absolute Gasteiger partial charge is 0.490 e. The van der Waals surface area contributed by atoms with Gasteiger partial charge < -0.3 is 18.5 Å². The van der Waals surface area contributed by atoms with E-state index in [9.17, 15) is 9.13 Å². The van der Waals surface area contributed by atoms with E-state index < -0.39 is 14.7 Å². The first-order valence-electron chi connectivity index (χ1n) is 17.5. The molecule has 0 bridgehead atoms. The molecule has 2 aliphatic carbocycles. The summed E-state index contributed by atoms with van der Waals surface area (Å²) in [6.45, 7) is 17.6. The van der Waals surface area contributed by atoms with Crippen LogP contribution < -0.4 is 20.1 Å². The standard InChI is InChI=1S/C38H56O6P2/c1-9-41-45(39,33-17-13-31(14-18-33)43-37-25-29(7)11-21-35(37)27(3)4)23-24-46(40,42-10-2)34-19-15-32(16-20-34)44-38-26-30(8)12-22-36(38)28(5)6/h13-20,27-30,35-38H,9-12,21-22,25-26H2,1-8H3/t29-,30-,35+,36+,37-,38-,45?,46?/m1/s1. The van der Waals surface area contributed by atoms with E-state index in [1.807, 2.05) is 24.3 Å². The molecule has 2 aromatic carbocycles. The number of hydrogen-bond acceptors (Lipinski definition) is 6. The van der Waals surface area contributed by atoms with Crippen LogP contribution in [-0.4, -0.2) is 25.4 Å². The Morgan fingerprint density at radius 3 is 1.28 bits per heavy atom. The van der Waals surface area contributed by atoms with Crippen LogP contribution in [0.1, 0.15) is 93.9 Å². The van der Waals surface area contributed by atoms with Gasteiger partial charge in [-0.15, -0.1) is 0 Å². The van der Waals surface area contributed by atoms with E-state index in [1.165, 1.54) is 25.7 Å². The van der Waals surface area contributed by atoms with E-state index in [2.05, 4.69) is 52.9 Å². The molecule has 8 atom stereocenters. The average molecular weight is 671 g/mol. The van der Waals surface area contributed by atoms with Crippen molar-refractivity contribution < 1.29 is 27.7 Å². The first kappa shape index (κ1) is 36.8. The summed E-state index contributed by atoms with van der Waals surface area (Å²) in [7, 11) is -7.32. The van der Waals surface area contributed by atoms with E-state index in [0.29, 0.717) is 46.1 Å². The van der Waals surface area contributed by atoms with Gasteiger partial charge >= 0.3 is 14.7 Å². The van der Waals surface area contributed by atoms with Gasteiger partial charge in [-0.1, -0.05) is 54.4 Å². The molecule has 0 saturated heterocycles. The van der Waals surface area contributed by atoms with Crippen molar-refractivity contribution in [3.8, 4) is 22.8 Å². The van der Waals surface area contributed by atoms with E-state index >= 15 is 0 Å². The predicted octanol–water partition coefficient (Wildman–Crippen LogP) is 9.86. The second-order valence-corrected chi connectivity index (χ2v) is 18.3. The molecule has 0 spiro atoms. The van der Waals surface area contributed by atoms with Crippen LogP contribution >= 0.6 is 14.7 Å². The minimum Gasteiger partial charge on any atom is -0.490 e. The summed E-state index contributed by atoms with van der Waals surface area (Å²) in [6, 6.07) is 14.4. The smallest absolute Gasteiger partial charge is 0.303 e. The quantitative estimate of drug-likeness (QED) is 0.165. The molecule has 2 fully saturated rings. The fourth-order valence-electron chi connectivity index (χ4n) is 7.13. The van der Waals surface area contributed by atoms with Crippen LogP contribution in [0.3, 0.4) is 0 Å². The number of benzene rings is 2. The summed E-state index contributed by atoms with van der Waals surface area (Å²) in [6.07, 6.45) is 7.20. The number of ether oxygens (including phenoxy) is 2. The summed E-state index contributed by atoms with van der Waals surface area (Å²) in [5.41, 5.74) is 5.58. The van der Waals surface area contributed by atoms with E-state index in [-0.39, 0.29) is 25.4 Å². The van der Waals surface area contributed by atoms with Gasteiger partial charge in [0.1, 0.15) is 23.7 Å². The van der Waals surface area contributed by atoms with Gasteiger partial charge in [-0.3, -0.25) is 9.13 Å². The molecule has 6 nitrogen and oxygen atoms in total. The highest BCUT2D eigenvalue weighted by Crippen LogP contribution is 2.50. The lowest BCUT2D eigenvalue weighted by atomic mass is 9.75. The highest BCUT2D eigenvalue weighted by Gasteiger charge is 2.34. The zero-order valence-corrected chi connectivity index (χ0v) is 31.0. The van der Waals surface area contributed by atoms with Crippen LogP contribution in [0.5, 0.6) is 11.5 Å². The van der Waals surface area contributed by atoms with Crippen LogP contribution in [0.15, 0.2) is 48.5 Å². The van der Waals surface area contributed by atoms with Crippen molar-refractivity contribution in [2.45, 2.75) is 106 Å². The van der Waals surface area contributed by atoms with Crippen LogP contribution in [-0.2, 0) is 18.2 Å². The van der Waals surface area contributed by atoms with Gasteiger partial charge in [-0.05, 0) is 124 Å². The summed E-state index contributed by atoms with van der Waals surface area (Å²) >= 11 is 0. The molecule has 0 N–H and O–H groups in total. The maximum absolute atomic E-state index is 14.1. The van der Waals surface area contributed by atoms with Crippen molar-refractivity contribution in [3.05, 3.63) is 48.5 Å². The summed E-state index contributed by atoms with van der Waals surface area (Å²) in [5.74, 6) is 4.88. The molecule has 0 radical (unpaired) electrons. The second-order valence-electron chi connectivity index (χ2n) is 14.1. The van der Waals surface area contributed by atoms with Crippen molar-refractivity contribution in [1.29, 1.82) is 0 Å². The normalized spacial score (nSPS) is 27.7. The maximum Gasteiger partial charge on any atom is 0.303 e. The topological polar surface area (TPSA) is 71.1 Å². The van der Waals surface area contributed by atoms with Gasteiger partial charge in [0.25, 0.3) is 0 Å². The Labute approximate surface area is 278 Å². The van der Waals surface area contributed by atoms with Gasteiger partial charge in [0, 0.05) is 21.9 Å².